The van der Waals surface area contributed by atoms with E-state index in [1.807, 2.05) is 25.3 Å². The van der Waals surface area contributed by atoms with Gasteiger partial charge in [0.05, 0.1) is 37.9 Å². The molecule has 0 spiro atoms. The molecular weight excluding hydrogens is 482 g/mol. The highest BCUT2D eigenvalue weighted by Crippen LogP contribution is 2.27. The summed E-state index contributed by atoms with van der Waals surface area (Å²) < 4.78 is 13.0. The van der Waals surface area contributed by atoms with Crippen molar-refractivity contribution in [2.24, 2.45) is 5.92 Å². The topological polar surface area (TPSA) is 98.5 Å². The molecular formula is C25H30ClN7O3. The number of anilines is 1. The SMILES string of the molecule is COC(=O)CC1CCN(Cc2cc(Cl)nc(Oc3cnc(N4CCn5c(cnc5C)C4)nc3)c2)CC1. The first-order chi connectivity index (χ1) is 17.5. The number of nitrogens with zero attached hydrogens (tertiary/aromatic N) is 7. The molecule has 11 heteroatoms. The molecule has 2 aliphatic heterocycles. The standard InChI is InChI=1S/C25H30ClN7O3/c1-17-27-12-20-16-32(7-8-33(17)20)25-28-13-21(14-29-25)36-23-10-19(9-22(26)30-23)15-31-5-3-18(4-6-31)11-24(34)35-2/h9-10,12-14,18H,3-8,11,15-16H2,1-2H3. The van der Waals surface area contributed by atoms with E-state index in [1.165, 1.54) is 7.11 Å². The molecule has 190 valence electrons. The van der Waals surface area contributed by atoms with Crippen molar-refractivity contribution in [1.29, 1.82) is 0 Å². The number of hydrogen-bond donors (Lipinski definition) is 0. The van der Waals surface area contributed by atoms with Gasteiger partial charge in [-0.05, 0) is 50.4 Å². The lowest BCUT2D eigenvalue weighted by molar-refractivity contribution is -0.142. The summed E-state index contributed by atoms with van der Waals surface area (Å²) in [6.45, 7) is 7.01. The van der Waals surface area contributed by atoms with Crippen molar-refractivity contribution in [2.75, 3.05) is 31.6 Å². The van der Waals surface area contributed by atoms with Gasteiger partial charge < -0.3 is 18.9 Å². The van der Waals surface area contributed by atoms with Gasteiger partial charge in [-0.15, -0.1) is 0 Å². The third kappa shape index (κ3) is 5.76. The highest BCUT2D eigenvalue weighted by molar-refractivity contribution is 6.29. The molecule has 0 aromatic carbocycles. The number of likely N-dealkylation sites (tertiary alicyclic amines) is 1. The molecule has 1 saturated heterocycles. The highest BCUT2D eigenvalue weighted by Gasteiger charge is 2.23. The molecule has 0 atom stereocenters. The molecule has 2 aliphatic rings. The van der Waals surface area contributed by atoms with Gasteiger partial charge in [0.15, 0.2) is 5.75 Å². The summed E-state index contributed by atoms with van der Waals surface area (Å²) in [6, 6.07) is 3.76. The Balaban J connectivity index is 1.18. The van der Waals surface area contributed by atoms with Crippen LogP contribution in [0.2, 0.25) is 5.15 Å². The molecule has 3 aromatic rings. The average molecular weight is 512 g/mol. The first-order valence-corrected chi connectivity index (χ1v) is 12.6. The summed E-state index contributed by atoms with van der Waals surface area (Å²) in [7, 11) is 1.44. The fraction of sp³-hybridized carbons (Fsp3) is 0.480. The Morgan fingerprint density at radius 2 is 1.86 bits per heavy atom. The molecule has 0 amide bonds. The van der Waals surface area contributed by atoms with E-state index in [2.05, 4.69) is 34.3 Å². The van der Waals surface area contributed by atoms with Crippen molar-refractivity contribution < 1.29 is 14.3 Å². The zero-order valence-corrected chi connectivity index (χ0v) is 21.3. The lowest BCUT2D eigenvalue weighted by atomic mass is 9.93. The van der Waals surface area contributed by atoms with Crippen molar-refractivity contribution in [3.05, 3.63) is 53.0 Å². The maximum absolute atomic E-state index is 11.5. The Labute approximate surface area is 215 Å². The van der Waals surface area contributed by atoms with Gasteiger partial charge in [0.1, 0.15) is 11.0 Å². The number of rotatable bonds is 7. The van der Waals surface area contributed by atoms with E-state index in [9.17, 15) is 4.79 Å². The first-order valence-electron chi connectivity index (χ1n) is 12.2. The molecule has 5 heterocycles. The van der Waals surface area contributed by atoms with Crippen molar-refractivity contribution in [3.8, 4) is 11.6 Å². The van der Waals surface area contributed by atoms with Crippen LogP contribution in [0.15, 0.2) is 30.7 Å². The molecule has 0 saturated carbocycles. The average Bonchev–Trinajstić information content (AvgIpc) is 3.25. The van der Waals surface area contributed by atoms with Crippen LogP contribution >= 0.6 is 11.6 Å². The third-order valence-corrected chi connectivity index (χ3v) is 7.02. The number of fused-ring (bicyclic) bond motifs is 1. The minimum Gasteiger partial charge on any atom is -0.469 e. The maximum Gasteiger partial charge on any atom is 0.305 e. The quantitative estimate of drug-likeness (QED) is 0.348. The second-order valence-corrected chi connectivity index (χ2v) is 9.71. The minimum atomic E-state index is -0.133. The van der Waals surface area contributed by atoms with Gasteiger partial charge in [-0.1, -0.05) is 11.6 Å². The Morgan fingerprint density at radius 1 is 1.08 bits per heavy atom. The fourth-order valence-corrected chi connectivity index (χ4v) is 5.07. The smallest absolute Gasteiger partial charge is 0.305 e. The first kappa shape index (κ1) is 24.5. The maximum atomic E-state index is 11.5. The van der Waals surface area contributed by atoms with Crippen molar-refractivity contribution in [1.82, 2.24) is 29.4 Å². The largest absolute Gasteiger partial charge is 0.469 e. The zero-order chi connectivity index (χ0) is 25.1. The van der Waals surface area contributed by atoms with Crippen LogP contribution < -0.4 is 9.64 Å². The number of aromatic nitrogens is 5. The van der Waals surface area contributed by atoms with Crippen molar-refractivity contribution >= 4 is 23.5 Å². The van der Waals surface area contributed by atoms with Crippen LogP contribution in [-0.4, -0.2) is 62.1 Å². The summed E-state index contributed by atoms with van der Waals surface area (Å²) in [4.78, 5) is 33.7. The summed E-state index contributed by atoms with van der Waals surface area (Å²) in [5.74, 6) is 2.85. The normalized spacial score (nSPS) is 16.6. The molecule has 10 nitrogen and oxygen atoms in total. The lowest BCUT2D eigenvalue weighted by Crippen LogP contribution is -2.34. The number of ether oxygens (including phenoxy) is 2. The van der Waals surface area contributed by atoms with E-state index in [0.717, 1.165) is 69.2 Å². The lowest BCUT2D eigenvalue weighted by Gasteiger charge is -2.31. The molecule has 0 radical (unpaired) electrons. The number of methoxy groups -OCH3 is 1. The fourth-order valence-electron chi connectivity index (χ4n) is 4.85. The Kier molecular flexibility index (Phi) is 7.33. The summed E-state index contributed by atoms with van der Waals surface area (Å²) in [6.07, 6.45) is 7.67. The van der Waals surface area contributed by atoms with Crippen LogP contribution in [0.1, 0.15) is 36.3 Å². The Morgan fingerprint density at radius 3 is 2.61 bits per heavy atom. The van der Waals surface area contributed by atoms with E-state index >= 15 is 0 Å². The molecule has 5 rings (SSSR count). The molecule has 0 unspecified atom stereocenters. The second kappa shape index (κ2) is 10.8. The van der Waals surface area contributed by atoms with Gasteiger partial charge in [-0.2, -0.15) is 0 Å². The number of piperidine rings is 1. The number of aryl methyl sites for hydroxylation is 1. The van der Waals surface area contributed by atoms with Crippen LogP contribution in [0.4, 0.5) is 5.95 Å². The van der Waals surface area contributed by atoms with E-state index in [-0.39, 0.29) is 5.97 Å². The van der Waals surface area contributed by atoms with Crippen LogP contribution in [0.5, 0.6) is 11.6 Å². The van der Waals surface area contributed by atoms with Crippen LogP contribution in [0.3, 0.4) is 0 Å². The molecule has 1 fully saturated rings. The Bertz CT molecular complexity index is 1210. The highest BCUT2D eigenvalue weighted by atomic mass is 35.5. The predicted octanol–water partition coefficient (Wildman–Crippen LogP) is 3.62. The summed E-state index contributed by atoms with van der Waals surface area (Å²) in [5, 5.41) is 0.376. The van der Waals surface area contributed by atoms with Crippen LogP contribution in [-0.2, 0) is 29.2 Å². The Hall–Kier alpha value is -3.24. The van der Waals surface area contributed by atoms with Gasteiger partial charge in [0.2, 0.25) is 11.8 Å². The van der Waals surface area contributed by atoms with Gasteiger partial charge in [0.25, 0.3) is 0 Å². The van der Waals surface area contributed by atoms with Crippen LogP contribution in [0, 0.1) is 12.8 Å². The monoisotopic (exact) mass is 511 g/mol. The zero-order valence-electron chi connectivity index (χ0n) is 20.6. The molecule has 0 bridgehead atoms. The van der Waals surface area contributed by atoms with Gasteiger partial charge in [0, 0.05) is 32.1 Å². The van der Waals surface area contributed by atoms with Gasteiger partial charge >= 0.3 is 5.97 Å². The molecule has 0 aliphatic carbocycles. The van der Waals surface area contributed by atoms with Crippen molar-refractivity contribution in [2.45, 2.75) is 45.8 Å². The van der Waals surface area contributed by atoms with Gasteiger partial charge in [-0.25, -0.2) is 19.9 Å². The third-order valence-electron chi connectivity index (χ3n) is 6.83. The summed E-state index contributed by atoms with van der Waals surface area (Å²) >= 11 is 6.29. The van der Waals surface area contributed by atoms with Crippen molar-refractivity contribution in [3.63, 3.8) is 0 Å². The number of esters is 1. The number of carbonyl (C=O) groups is 1. The van der Waals surface area contributed by atoms with Gasteiger partial charge in [-0.3, -0.25) is 9.69 Å². The number of pyridine rings is 1. The summed E-state index contributed by atoms with van der Waals surface area (Å²) in [5.41, 5.74) is 2.18. The van der Waals surface area contributed by atoms with E-state index in [0.29, 0.717) is 35.1 Å². The van der Waals surface area contributed by atoms with E-state index in [1.54, 1.807) is 12.4 Å². The minimum absolute atomic E-state index is 0.133. The number of imidazole rings is 1. The van der Waals surface area contributed by atoms with E-state index in [4.69, 9.17) is 21.1 Å². The number of halogens is 1. The molecule has 36 heavy (non-hydrogen) atoms. The molecule has 0 N–H and O–H groups in total. The number of carbonyl (C=O) groups excluding carboxylic acids is 1. The molecule has 3 aromatic heterocycles. The number of hydrogen-bond acceptors (Lipinski definition) is 9. The van der Waals surface area contributed by atoms with E-state index < -0.39 is 0 Å². The predicted molar refractivity (Wildman–Crippen MR) is 134 cm³/mol. The second-order valence-electron chi connectivity index (χ2n) is 9.33. The van der Waals surface area contributed by atoms with Crippen LogP contribution in [0.25, 0.3) is 0 Å².